The summed E-state index contributed by atoms with van der Waals surface area (Å²) in [6.07, 6.45) is 0. The average Bonchev–Trinajstić information content (AvgIpc) is 3.06. The minimum absolute atomic E-state index is 0.144. The van der Waals surface area contributed by atoms with Crippen LogP contribution >= 0.6 is 11.8 Å². The van der Waals surface area contributed by atoms with Crippen molar-refractivity contribution in [2.24, 2.45) is 5.92 Å². The Morgan fingerprint density at radius 2 is 2.11 bits per heavy atom. The molecule has 0 unspecified atom stereocenters. The van der Waals surface area contributed by atoms with Crippen LogP contribution in [0.4, 0.5) is 0 Å². The molecule has 0 amide bonds. The summed E-state index contributed by atoms with van der Waals surface area (Å²) in [6, 6.07) is 4.76. The number of hydrogen-bond acceptors (Lipinski definition) is 8. The number of nitrogens with zero attached hydrogens (tertiary/aromatic N) is 4. The molecule has 0 saturated carbocycles. The topological polar surface area (TPSA) is 100 Å². The van der Waals surface area contributed by atoms with E-state index in [1.165, 1.54) is 18.9 Å². The Morgan fingerprint density at radius 3 is 2.74 bits per heavy atom. The molecule has 0 aliphatic rings. The van der Waals surface area contributed by atoms with Gasteiger partial charge in [0.05, 0.1) is 29.3 Å². The minimum atomic E-state index is -0.472. The van der Waals surface area contributed by atoms with E-state index in [1.807, 2.05) is 13.8 Å². The van der Waals surface area contributed by atoms with Gasteiger partial charge in [0.1, 0.15) is 0 Å². The maximum Gasteiger partial charge on any atom is 0.337 e. The molecular formula is C18H20N4O4S. The van der Waals surface area contributed by atoms with Gasteiger partial charge in [-0.15, -0.1) is 10.2 Å². The molecule has 3 aromatic rings. The molecule has 0 radical (unpaired) electrons. The summed E-state index contributed by atoms with van der Waals surface area (Å²) < 4.78 is 11.8. The molecule has 0 atom stereocenters. The Kier molecular flexibility index (Phi) is 5.59. The molecule has 3 rings (SSSR count). The van der Waals surface area contributed by atoms with E-state index >= 15 is 0 Å². The van der Waals surface area contributed by atoms with Crippen molar-refractivity contribution in [3.63, 3.8) is 0 Å². The van der Waals surface area contributed by atoms with Crippen molar-refractivity contribution in [2.75, 3.05) is 7.11 Å². The van der Waals surface area contributed by atoms with Gasteiger partial charge < -0.3 is 9.15 Å². The van der Waals surface area contributed by atoms with Crippen molar-refractivity contribution in [3.05, 3.63) is 45.9 Å². The van der Waals surface area contributed by atoms with Crippen molar-refractivity contribution in [2.45, 2.75) is 38.2 Å². The molecule has 142 valence electrons. The van der Waals surface area contributed by atoms with E-state index < -0.39 is 5.97 Å². The van der Waals surface area contributed by atoms with Gasteiger partial charge in [0.25, 0.3) is 5.56 Å². The monoisotopic (exact) mass is 388 g/mol. The van der Waals surface area contributed by atoms with Crippen LogP contribution in [0, 0.1) is 12.8 Å². The highest BCUT2D eigenvalue weighted by atomic mass is 32.2. The summed E-state index contributed by atoms with van der Waals surface area (Å²) in [5.74, 6) is 1.14. The quantitative estimate of drug-likeness (QED) is 0.361. The van der Waals surface area contributed by atoms with Crippen LogP contribution in [-0.2, 0) is 17.0 Å². The third kappa shape index (κ3) is 4.19. The lowest BCUT2D eigenvalue weighted by molar-refractivity contribution is 0.0601. The smallest absolute Gasteiger partial charge is 0.337 e. The van der Waals surface area contributed by atoms with E-state index in [0.717, 1.165) is 0 Å². The maximum absolute atomic E-state index is 13.0. The van der Waals surface area contributed by atoms with Crippen molar-refractivity contribution >= 4 is 28.6 Å². The molecule has 2 aromatic heterocycles. The number of fused-ring (bicyclic) bond motifs is 1. The number of ether oxygens (including phenoxy) is 1. The van der Waals surface area contributed by atoms with Gasteiger partial charge in [-0.05, 0) is 24.1 Å². The van der Waals surface area contributed by atoms with Gasteiger partial charge in [-0.25, -0.2) is 9.78 Å². The number of hydrogen-bond donors (Lipinski definition) is 0. The zero-order valence-electron chi connectivity index (χ0n) is 15.6. The van der Waals surface area contributed by atoms with Crippen molar-refractivity contribution in [1.82, 2.24) is 19.7 Å². The number of rotatable bonds is 6. The van der Waals surface area contributed by atoms with E-state index in [9.17, 15) is 9.59 Å². The predicted molar refractivity (Wildman–Crippen MR) is 101 cm³/mol. The van der Waals surface area contributed by atoms with Crippen LogP contribution in [0.1, 0.15) is 36.0 Å². The van der Waals surface area contributed by atoms with Crippen LogP contribution in [0.2, 0.25) is 0 Å². The Hall–Kier alpha value is -2.68. The first-order valence-corrected chi connectivity index (χ1v) is 9.42. The second kappa shape index (κ2) is 7.91. The van der Waals surface area contributed by atoms with Gasteiger partial charge in [-0.1, -0.05) is 25.6 Å². The van der Waals surface area contributed by atoms with Gasteiger partial charge in [-0.2, -0.15) is 0 Å². The standard InChI is InChI=1S/C18H20N4O4S/c1-10(2)8-22-16(23)13-6-5-12(17(24)25-4)7-14(13)19-18(22)27-9-15-21-20-11(3)26-15/h5-7,10H,8-9H2,1-4H3. The Labute approximate surface area is 160 Å². The van der Waals surface area contributed by atoms with Crippen LogP contribution in [0.15, 0.2) is 32.6 Å². The summed E-state index contributed by atoms with van der Waals surface area (Å²) in [5, 5.41) is 8.78. The lowest BCUT2D eigenvalue weighted by atomic mass is 10.1. The van der Waals surface area contributed by atoms with Gasteiger partial charge >= 0.3 is 5.97 Å². The molecule has 2 heterocycles. The highest BCUT2D eigenvalue weighted by molar-refractivity contribution is 7.98. The number of methoxy groups -OCH3 is 1. The zero-order chi connectivity index (χ0) is 19.6. The summed E-state index contributed by atoms with van der Waals surface area (Å²) >= 11 is 1.34. The number of carbonyl (C=O) groups excluding carboxylic acids is 1. The number of esters is 1. The van der Waals surface area contributed by atoms with E-state index in [-0.39, 0.29) is 11.5 Å². The van der Waals surface area contributed by atoms with Crippen LogP contribution in [0.25, 0.3) is 10.9 Å². The summed E-state index contributed by atoms with van der Waals surface area (Å²) in [7, 11) is 1.31. The highest BCUT2D eigenvalue weighted by Crippen LogP contribution is 2.23. The fourth-order valence-electron chi connectivity index (χ4n) is 2.60. The van der Waals surface area contributed by atoms with Gasteiger partial charge in [0.15, 0.2) is 5.16 Å². The van der Waals surface area contributed by atoms with Crippen LogP contribution in [0.3, 0.4) is 0 Å². The molecule has 8 nitrogen and oxygen atoms in total. The Morgan fingerprint density at radius 1 is 1.33 bits per heavy atom. The number of aromatic nitrogens is 4. The number of benzene rings is 1. The SMILES string of the molecule is COC(=O)c1ccc2c(=O)n(CC(C)C)c(SCc3nnc(C)o3)nc2c1. The summed E-state index contributed by atoms with van der Waals surface area (Å²) in [4.78, 5) is 29.4. The number of thioether (sulfide) groups is 1. The fourth-order valence-corrected chi connectivity index (χ4v) is 3.45. The third-order valence-corrected chi connectivity index (χ3v) is 4.74. The maximum atomic E-state index is 13.0. The molecule has 0 saturated heterocycles. The Bertz CT molecular complexity index is 1040. The molecule has 0 aliphatic carbocycles. The fraction of sp³-hybridized carbons (Fsp3) is 0.389. The molecule has 1 aromatic carbocycles. The van der Waals surface area contributed by atoms with Crippen LogP contribution in [-0.4, -0.2) is 32.8 Å². The lowest BCUT2D eigenvalue weighted by Gasteiger charge is -2.14. The second-order valence-electron chi connectivity index (χ2n) is 6.43. The first-order valence-electron chi connectivity index (χ1n) is 8.43. The molecule has 0 aliphatic heterocycles. The highest BCUT2D eigenvalue weighted by Gasteiger charge is 2.16. The van der Waals surface area contributed by atoms with Crippen LogP contribution in [0.5, 0.6) is 0 Å². The summed E-state index contributed by atoms with van der Waals surface area (Å²) in [6.45, 7) is 6.32. The van der Waals surface area contributed by atoms with E-state index in [0.29, 0.717) is 45.7 Å². The number of carbonyl (C=O) groups is 1. The zero-order valence-corrected chi connectivity index (χ0v) is 16.4. The van der Waals surface area contributed by atoms with Gasteiger partial charge in [-0.3, -0.25) is 9.36 Å². The molecule has 0 N–H and O–H groups in total. The molecule has 0 spiro atoms. The first kappa shape index (κ1) is 19.1. The lowest BCUT2D eigenvalue weighted by Crippen LogP contribution is -2.25. The average molecular weight is 388 g/mol. The van der Waals surface area contributed by atoms with Crippen molar-refractivity contribution in [1.29, 1.82) is 0 Å². The minimum Gasteiger partial charge on any atom is -0.465 e. The van der Waals surface area contributed by atoms with E-state index in [2.05, 4.69) is 15.2 Å². The second-order valence-corrected chi connectivity index (χ2v) is 7.37. The van der Waals surface area contributed by atoms with Crippen molar-refractivity contribution in [3.8, 4) is 0 Å². The van der Waals surface area contributed by atoms with Crippen LogP contribution < -0.4 is 5.56 Å². The van der Waals surface area contributed by atoms with E-state index in [4.69, 9.17) is 9.15 Å². The first-order chi connectivity index (χ1) is 12.9. The molecular weight excluding hydrogens is 368 g/mol. The molecule has 27 heavy (non-hydrogen) atoms. The molecule has 0 bridgehead atoms. The normalized spacial score (nSPS) is 11.3. The largest absolute Gasteiger partial charge is 0.465 e. The molecule has 9 heteroatoms. The Balaban J connectivity index is 2.06. The molecule has 0 fully saturated rings. The summed E-state index contributed by atoms with van der Waals surface area (Å²) in [5.41, 5.74) is 0.656. The predicted octanol–water partition coefficient (Wildman–Crippen LogP) is 2.82. The van der Waals surface area contributed by atoms with Gasteiger partial charge in [0.2, 0.25) is 11.8 Å². The van der Waals surface area contributed by atoms with Crippen molar-refractivity contribution < 1.29 is 13.9 Å². The number of aryl methyl sites for hydroxylation is 1. The third-order valence-electron chi connectivity index (χ3n) is 3.78. The van der Waals surface area contributed by atoms with Gasteiger partial charge in [0, 0.05) is 13.5 Å². The van der Waals surface area contributed by atoms with E-state index in [1.54, 1.807) is 29.7 Å².